The Morgan fingerprint density at radius 2 is 2.26 bits per heavy atom. The first-order chi connectivity index (χ1) is 9.15. The SMILES string of the molecule is C[C@@H]1CCCN(c2csc3ccc(F)cc3c2=O)C1. The molecule has 1 saturated heterocycles. The quantitative estimate of drug-likeness (QED) is 0.793. The van der Waals surface area contributed by atoms with Crippen molar-refractivity contribution in [2.75, 3.05) is 18.0 Å². The molecule has 0 bridgehead atoms. The molecule has 0 amide bonds. The molecule has 0 aliphatic carbocycles. The third-order valence-corrected chi connectivity index (χ3v) is 4.67. The van der Waals surface area contributed by atoms with Crippen molar-refractivity contribution in [1.29, 1.82) is 0 Å². The lowest BCUT2D eigenvalue weighted by Crippen LogP contribution is -2.36. The van der Waals surface area contributed by atoms with Crippen molar-refractivity contribution in [2.45, 2.75) is 19.8 Å². The van der Waals surface area contributed by atoms with Gasteiger partial charge in [-0.3, -0.25) is 4.79 Å². The molecule has 1 fully saturated rings. The van der Waals surface area contributed by atoms with E-state index in [4.69, 9.17) is 0 Å². The highest BCUT2D eigenvalue weighted by molar-refractivity contribution is 7.16. The summed E-state index contributed by atoms with van der Waals surface area (Å²) in [5.74, 6) is 0.266. The summed E-state index contributed by atoms with van der Waals surface area (Å²) in [5, 5.41) is 2.42. The number of rotatable bonds is 1. The van der Waals surface area contributed by atoms with Crippen molar-refractivity contribution < 1.29 is 4.39 Å². The van der Waals surface area contributed by atoms with E-state index in [-0.39, 0.29) is 11.2 Å². The van der Waals surface area contributed by atoms with Crippen LogP contribution in [0.25, 0.3) is 10.1 Å². The van der Waals surface area contributed by atoms with Gasteiger partial charge in [-0.25, -0.2) is 4.39 Å². The predicted octanol–water partition coefficient (Wildman–Crippen LogP) is 3.64. The van der Waals surface area contributed by atoms with Crippen LogP contribution in [0.3, 0.4) is 0 Å². The molecule has 0 spiro atoms. The summed E-state index contributed by atoms with van der Waals surface area (Å²) in [7, 11) is 0. The zero-order valence-electron chi connectivity index (χ0n) is 10.9. The van der Waals surface area contributed by atoms with Gasteiger partial charge in [-0.15, -0.1) is 11.3 Å². The number of anilines is 1. The number of benzene rings is 1. The van der Waals surface area contributed by atoms with Gasteiger partial charge >= 0.3 is 0 Å². The molecule has 2 aromatic rings. The smallest absolute Gasteiger partial charge is 0.211 e. The first-order valence-electron chi connectivity index (χ1n) is 6.61. The van der Waals surface area contributed by atoms with E-state index in [1.165, 1.54) is 29.9 Å². The van der Waals surface area contributed by atoms with Crippen LogP contribution < -0.4 is 10.3 Å². The fraction of sp³-hybridized carbons (Fsp3) is 0.400. The number of hydrogen-bond acceptors (Lipinski definition) is 3. The summed E-state index contributed by atoms with van der Waals surface area (Å²) in [6.07, 6.45) is 2.34. The molecule has 0 radical (unpaired) electrons. The van der Waals surface area contributed by atoms with Gasteiger partial charge in [0.2, 0.25) is 5.43 Å². The Bertz CT molecular complexity index is 667. The van der Waals surface area contributed by atoms with Crippen LogP contribution in [0, 0.1) is 11.7 Å². The van der Waals surface area contributed by atoms with Crippen LogP contribution in [0.5, 0.6) is 0 Å². The standard InChI is InChI=1S/C15H16FNOS/c1-10-3-2-6-17(8-10)13-9-19-14-5-4-11(16)7-12(14)15(13)18/h4-5,7,9-10H,2-3,6,8H2,1H3/t10-/m1/s1. The molecule has 0 unspecified atom stereocenters. The van der Waals surface area contributed by atoms with Crippen molar-refractivity contribution in [3.63, 3.8) is 0 Å². The minimum Gasteiger partial charge on any atom is -0.367 e. The van der Waals surface area contributed by atoms with Crippen molar-refractivity contribution >= 4 is 27.1 Å². The Balaban J connectivity index is 2.09. The molecule has 0 N–H and O–H groups in total. The van der Waals surface area contributed by atoms with Crippen LogP contribution in [0.1, 0.15) is 19.8 Å². The topological polar surface area (TPSA) is 20.3 Å². The number of halogens is 1. The van der Waals surface area contributed by atoms with Gasteiger partial charge in [-0.1, -0.05) is 6.92 Å². The van der Waals surface area contributed by atoms with E-state index < -0.39 is 0 Å². The monoisotopic (exact) mass is 277 g/mol. The normalized spacial score (nSPS) is 19.9. The van der Waals surface area contributed by atoms with Crippen LogP contribution >= 0.6 is 11.3 Å². The Labute approximate surface area is 115 Å². The molecule has 0 saturated carbocycles. The maximum atomic E-state index is 13.3. The van der Waals surface area contributed by atoms with Crippen molar-refractivity contribution in [2.24, 2.45) is 5.92 Å². The first-order valence-corrected chi connectivity index (χ1v) is 7.49. The number of fused-ring (bicyclic) bond motifs is 1. The molecule has 1 aliphatic rings. The zero-order valence-corrected chi connectivity index (χ0v) is 11.7. The molecular weight excluding hydrogens is 261 g/mol. The van der Waals surface area contributed by atoms with Crippen LogP contribution in [0.15, 0.2) is 28.4 Å². The van der Waals surface area contributed by atoms with E-state index in [0.29, 0.717) is 11.3 Å². The highest BCUT2D eigenvalue weighted by Crippen LogP contribution is 2.25. The van der Waals surface area contributed by atoms with Crippen LogP contribution in [0.2, 0.25) is 0 Å². The van der Waals surface area contributed by atoms with Crippen molar-refractivity contribution in [3.05, 3.63) is 39.6 Å². The minimum absolute atomic E-state index is 0.0395. The second-order valence-electron chi connectivity index (χ2n) is 5.28. The van der Waals surface area contributed by atoms with Gasteiger partial charge in [-0.05, 0) is 37.0 Å². The predicted molar refractivity (Wildman–Crippen MR) is 78.7 cm³/mol. The second-order valence-corrected chi connectivity index (χ2v) is 6.20. The molecule has 1 atom stereocenters. The highest BCUT2D eigenvalue weighted by Gasteiger charge is 2.19. The van der Waals surface area contributed by atoms with Gasteiger partial charge < -0.3 is 4.90 Å². The number of nitrogens with zero attached hydrogens (tertiary/aromatic N) is 1. The van der Waals surface area contributed by atoms with E-state index >= 15 is 0 Å². The summed E-state index contributed by atoms with van der Waals surface area (Å²) >= 11 is 1.51. The van der Waals surface area contributed by atoms with Gasteiger partial charge in [0.1, 0.15) is 5.82 Å². The molecule has 3 rings (SSSR count). The highest BCUT2D eigenvalue weighted by atomic mass is 32.1. The van der Waals surface area contributed by atoms with Crippen molar-refractivity contribution in [3.8, 4) is 0 Å². The number of piperidine rings is 1. The summed E-state index contributed by atoms with van der Waals surface area (Å²) in [5.41, 5.74) is 0.692. The second kappa shape index (κ2) is 4.93. The number of hydrogen-bond donors (Lipinski definition) is 0. The summed E-state index contributed by atoms with van der Waals surface area (Å²) < 4.78 is 14.2. The molecule has 2 heterocycles. The Kier molecular flexibility index (Phi) is 3.27. The first kappa shape index (κ1) is 12.6. The molecule has 2 nitrogen and oxygen atoms in total. The van der Waals surface area contributed by atoms with Gasteiger partial charge in [0, 0.05) is 28.6 Å². The molecule has 19 heavy (non-hydrogen) atoms. The Hall–Kier alpha value is -1.42. The van der Waals surface area contributed by atoms with E-state index in [2.05, 4.69) is 11.8 Å². The van der Waals surface area contributed by atoms with E-state index in [9.17, 15) is 9.18 Å². The maximum Gasteiger partial charge on any atom is 0.211 e. The van der Waals surface area contributed by atoms with Gasteiger partial charge in [0.25, 0.3) is 0 Å². The molecule has 1 aromatic heterocycles. The largest absolute Gasteiger partial charge is 0.367 e. The van der Waals surface area contributed by atoms with Crippen molar-refractivity contribution in [1.82, 2.24) is 0 Å². The summed E-state index contributed by atoms with van der Waals surface area (Å²) in [4.78, 5) is 14.6. The average Bonchev–Trinajstić information content (AvgIpc) is 2.40. The maximum absolute atomic E-state index is 13.3. The molecule has 100 valence electrons. The van der Waals surface area contributed by atoms with Gasteiger partial charge in [0.15, 0.2) is 0 Å². The summed E-state index contributed by atoms with van der Waals surface area (Å²) in [6, 6.07) is 4.44. The summed E-state index contributed by atoms with van der Waals surface area (Å²) in [6.45, 7) is 4.05. The molecule has 4 heteroatoms. The van der Waals surface area contributed by atoms with Crippen LogP contribution in [-0.4, -0.2) is 13.1 Å². The third-order valence-electron chi connectivity index (χ3n) is 3.71. The van der Waals surface area contributed by atoms with Crippen LogP contribution in [-0.2, 0) is 0 Å². The lowest BCUT2D eigenvalue weighted by molar-refractivity contribution is 0.446. The van der Waals surface area contributed by atoms with Crippen LogP contribution in [0.4, 0.5) is 10.1 Å². The lowest BCUT2D eigenvalue weighted by Gasteiger charge is -2.32. The molecule has 1 aliphatic heterocycles. The zero-order chi connectivity index (χ0) is 13.4. The lowest BCUT2D eigenvalue weighted by atomic mass is 10.00. The van der Waals surface area contributed by atoms with Gasteiger partial charge in [0.05, 0.1) is 5.69 Å². The fourth-order valence-corrected chi connectivity index (χ4v) is 3.64. The fourth-order valence-electron chi connectivity index (χ4n) is 2.72. The van der Waals surface area contributed by atoms with E-state index in [1.807, 2.05) is 5.38 Å². The van der Waals surface area contributed by atoms with E-state index in [1.54, 1.807) is 6.07 Å². The average molecular weight is 277 g/mol. The Morgan fingerprint density at radius 3 is 3.05 bits per heavy atom. The minimum atomic E-state index is -0.346. The third kappa shape index (κ3) is 2.37. The Morgan fingerprint density at radius 1 is 1.42 bits per heavy atom. The van der Waals surface area contributed by atoms with E-state index in [0.717, 1.165) is 29.9 Å². The molecular formula is C15H16FNOS. The van der Waals surface area contributed by atoms with Gasteiger partial charge in [-0.2, -0.15) is 0 Å². The molecule has 1 aromatic carbocycles.